The standard InChI is InChI=1S/C14H14N4O3/c1-15-13-7-11(12(9-16-13)18(20)21)14(19)17-8-10-5-3-2-4-6-10/h2-7,9H,8H2,1H3,(H,15,16)(H,17,19). The van der Waals surface area contributed by atoms with Gasteiger partial charge in [-0.15, -0.1) is 0 Å². The first-order valence-electron chi connectivity index (χ1n) is 6.26. The van der Waals surface area contributed by atoms with Gasteiger partial charge in [0.1, 0.15) is 17.6 Å². The molecule has 21 heavy (non-hydrogen) atoms. The molecule has 1 aromatic heterocycles. The van der Waals surface area contributed by atoms with Crippen LogP contribution in [0.25, 0.3) is 0 Å². The first kappa shape index (κ1) is 14.4. The normalized spacial score (nSPS) is 9.95. The summed E-state index contributed by atoms with van der Waals surface area (Å²) in [4.78, 5) is 26.3. The van der Waals surface area contributed by atoms with Crippen molar-refractivity contribution >= 4 is 17.4 Å². The molecule has 0 unspecified atom stereocenters. The molecule has 2 aromatic rings. The van der Waals surface area contributed by atoms with E-state index < -0.39 is 10.8 Å². The lowest BCUT2D eigenvalue weighted by Gasteiger charge is -2.07. The van der Waals surface area contributed by atoms with Gasteiger partial charge in [0.2, 0.25) is 0 Å². The zero-order chi connectivity index (χ0) is 15.2. The van der Waals surface area contributed by atoms with E-state index in [1.807, 2.05) is 30.3 Å². The van der Waals surface area contributed by atoms with Crippen LogP contribution in [0.1, 0.15) is 15.9 Å². The van der Waals surface area contributed by atoms with Crippen molar-refractivity contribution < 1.29 is 9.72 Å². The summed E-state index contributed by atoms with van der Waals surface area (Å²) in [6.45, 7) is 0.300. The van der Waals surface area contributed by atoms with Crippen LogP contribution in [0.5, 0.6) is 0 Å². The van der Waals surface area contributed by atoms with Gasteiger partial charge < -0.3 is 10.6 Å². The van der Waals surface area contributed by atoms with E-state index in [-0.39, 0.29) is 11.3 Å². The Morgan fingerprint density at radius 3 is 2.67 bits per heavy atom. The summed E-state index contributed by atoms with van der Waals surface area (Å²) < 4.78 is 0. The minimum absolute atomic E-state index is 0.0183. The number of nitrogens with zero attached hydrogens (tertiary/aromatic N) is 2. The van der Waals surface area contributed by atoms with E-state index in [9.17, 15) is 14.9 Å². The number of hydrogen-bond donors (Lipinski definition) is 2. The summed E-state index contributed by atoms with van der Waals surface area (Å²) in [7, 11) is 1.62. The van der Waals surface area contributed by atoms with Gasteiger partial charge in [0.25, 0.3) is 11.6 Å². The molecular weight excluding hydrogens is 272 g/mol. The molecule has 1 aromatic carbocycles. The molecule has 0 spiro atoms. The number of carbonyl (C=O) groups is 1. The highest BCUT2D eigenvalue weighted by Gasteiger charge is 2.21. The minimum Gasteiger partial charge on any atom is -0.373 e. The van der Waals surface area contributed by atoms with Crippen LogP contribution in [0, 0.1) is 10.1 Å². The van der Waals surface area contributed by atoms with Gasteiger partial charge in [0, 0.05) is 19.7 Å². The first-order chi connectivity index (χ1) is 10.1. The van der Waals surface area contributed by atoms with Crippen LogP contribution in [0.2, 0.25) is 0 Å². The highest BCUT2D eigenvalue weighted by molar-refractivity contribution is 5.98. The molecule has 0 radical (unpaired) electrons. The monoisotopic (exact) mass is 286 g/mol. The molecule has 1 heterocycles. The topological polar surface area (TPSA) is 97.2 Å². The predicted molar refractivity (Wildman–Crippen MR) is 78.1 cm³/mol. The highest BCUT2D eigenvalue weighted by Crippen LogP contribution is 2.20. The smallest absolute Gasteiger partial charge is 0.300 e. The molecule has 0 fully saturated rings. The number of anilines is 1. The summed E-state index contributed by atoms with van der Waals surface area (Å²) in [6, 6.07) is 10.7. The average Bonchev–Trinajstić information content (AvgIpc) is 2.52. The van der Waals surface area contributed by atoms with E-state index in [1.165, 1.54) is 6.07 Å². The van der Waals surface area contributed by atoms with Crippen LogP contribution in [0.3, 0.4) is 0 Å². The first-order valence-corrected chi connectivity index (χ1v) is 6.26. The van der Waals surface area contributed by atoms with Crippen LogP contribution < -0.4 is 10.6 Å². The van der Waals surface area contributed by atoms with Crippen molar-refractivity contribution in [3.05, 3.63) is 63.8 Å². The van der Waals surface area contributed by atoms with E-state index in [1.54, 1.807) is 7.05 Å². The zero-order valence-corrected chi connectivity index (χ0v) is 11.4. The number of rotatable bonds is 5. The van der Waals surface area contributed by atoms with Crippen LogP contribution >= 0.6 is 0 Å². The summed E-state index contributed by atoms with van der Waals surface area (Å²) in [6.07, 6.45) is 1.07. The van der Waals surface area contributed by atoms with Crippen molar-refractivity contribution in [1.82, 2.24) is 10.3 Å². The minimum atomic E-state index is -0.621. The van der Waals surface area contributed by atoms with Crippen molar-refractivity contribution in [2.75, 3.05) is 12.4 Å². The Hall–Kier alpha value is -2.96. The highest BCUT2D eigenvalue weighted by atomic mass is 16.6. The fourth-order valence-electron chi connectivity index (χ4n) is 1.79. The second-order valence-corrected chi connectivity index (χ2v) is 4.26. The zero-order valence-electron chi connectivity index (χ0n) is 11.4. The van der Waals surface area contributed by atoms with Gasteiger partial charge in [-0.25, -0.2) is 4.98 Å². The summed E-state index contributed by atoms with van der Waals surface area (Å²) in [5.74, 6) is -0.116. The van der Waals surface area contributed by atoms with Gasteiger partial charge in [-0.3, -0.25) is 14.9 Å². The molecule has 7 nitrogen and oxygen atoms in total. The van der Waals surface area contributed by atoms with Crippen molar-refractivity contribution in [2.45, 2.75) is 6.54 Å². The summed E-state index contributed by atoms with van der Waals surface area (Å²) in [5, 5.41) is 16.4. The van der Waals surface area contributed by atoms with Crippen molar-refractivity contribution in [1.29, 1.82) is 0 Å². The van der Waals surface area contributed by atoms with Gasteiger partial charge in [0.05, 0.1) is 4.92 Å². The van der Waals surface area contributed by atoms with Gasteiger partial charge in [-0.1, -0.05) is 30.3 Å². The third kappa shape index (κ3) is 3.53. The number of aromatic nitrogens is 1. The molecule has 0 bridgehead atoms. The van der Waals surface area contributed by atoms with Crippen LogP contribution in [0.15, 0.2) is 42.6 Å². The lowest BCUT2D eigenvalue weighted by molar-refractivity contribution is -0.385. The molecule has 0 atom stereocenters. The van der Waals surface area contributed by atoms with E-state index in [0.717, 1.165) is 11.8 Å². The van der Waals surface area contributed by atoms with Crippen LogP contribution in [-0.2, 0) is 6.54 Å². The van der Waals surface area contributed by atoms with Crippen molar-refractivity contribution in [3.8, 4) is 0 Å². The number of benzene rings is 1. The van der Waals surface area contributed by atoms with E-state index in [0.29, 0.717) is 12.4 Å². The molecule has 2 N–H and O–H groups in total. The molecule has 0 aliphatic carbocycles. The van der Waals surface area contributed by atoms with Gasteiger partial charge in [-0.05, 0) is 5.56 Å². The van der Waals surface area contributed by atoms with Crippen molar-refractivity contribution in [2.24, 2.45) is 0 Å². The fourth-order valence-corrected chi connectivity index (χ4v) is 1.79. The molecule has 0 saturated heterocycles. The Morgan fingerprint density at radius 2 is 2.05 bits per heavy atom. The molecule has 1 amide bonds. The molecule has 0 saturated carbocycles. The third-order valence-electron chi connectivity index (χ3n) is 2.88. The maximum atomic E-state index is 12.1. The quantitative estimate of drug-likeness (QED) is 0.647. The van der Waals surface area contributed by atoms with E-state index in [4.69, 9.17) is 0 Å². The molecule has 0 aliphatic rings. The van der Waals surface area contributed by atoms with E-state index in [2.05, 4.69) is 15.6 Å². The molecule has 7 heteroatoms. The Labute approximate surface area is 121 Å². The third-order valence-corrected chi connectivity index (χ3v) is 2.88. The Balaban J connectivity index is 2.19. The summed E-state index contributed by atoms with van der Waals surface area (Å²) >= 11 is 0. The number of nitro groups is 1. The number of amides is 1. The fraction of sp³-hybridized carbons (Fsp3) is 0.143. The lowest BCUT2D eigenvalue weighted by atomic mass is 10.2. The average molecular weight is 286 g/mol. The molecule has 0 aliphatic heterocycles. The van der Waals surface area contributed by atoms with Gasteiger partial charge in [0.15, 0.2) is 0 Å². The number of carbonyl (C=O) groups excluding carboxylic acids is 1. The van der Waals surface area contributed by atoms with Crippen molar-refractivity contribution in [3.63, 3.8) is 0 Å². The Kier molecular flexibility index (Phi) is 4.45. The number of nitrogens with one attached hydrogen (secondary N) is 2. The number of pyridine rings is 1. The van der Waals surface area contributed by atoms with Gasteiger partial charge >= 0.3 is 0 Å². The second-order valence-electron chi connectivity index (χ2n) is 4.26. The molecular formula is C14H14N4O3. The second kappa shape index (κ2) is 6.47. The Morgan fingerprint density at radius 1 is 1.33 bits per heavy atom. The maximum absolute atomic E-state index is 12.1. The van der Waals surface area contributed by atoms with Gasteiger partial charge in [-0.2, -0.15) is 0 Å². The maximum Gasteiger partial charge on any atom is 0.300 e. The van der Waals surface area contributed by atoms with Crippen LogP contribution in [-0.4, -0.2) is 22.9 Å². The summed E-state index contributed by atoms with van der Waals surface area (Å²) in [5.41, 5.74) is 0.575. The number of hydrogen-bond acceptors (Lipinski definition) is 5. The largest absolute Gasteiger partial charge is 0.373 e. The van der Waals surface area contributed by atoms with E-state index >= 15 is 0 Å². The molecule has 108 valence electrons. The SMILES string of the molecule is CNc1cc(C(=O)NCc2ccccc2)c([N+](=O)[O-])cn1. The predicted octanol–water partition coefficient (Wildman–Crippen LogP) is 1.96. The van der Waals surface area contributed by atoms with Crippen LogP contribution in [0.4, 0.5) is 11.5 Å². The Bertz CT molecular complexity index is 659. The molecule has 2 rings (SSSR count). The lowest BCUT2D eigenvalue weighted by Crippen LogP contribution is -2.24.